The molecule has 0 radical (unpaired) electrons. The van der Waals surface area contributed by atoms with Crippen molar-refractivity contribution in [3.05, 3.63) is 41.4 Å². The highest BCUT2D eigenvalue weighted by Gasteiger charge is 2.47. The number of alkyl halides is 3. The standard InChI is InChI=1S/C22H26F3N3O4S/c1-7-10-30-16-9-8-13(11-14(16)22(23,24)25)17-26-27-18(33-17)15-12-31-21(5,6)28(15)19(29)32-20(2,3)4/h7-9,11,15H,1,10,12H2,2-6H3. The van der Waals surface area contributed by atoms with Crippen LogP contribution in [0, 0.1) is 0 Å². The summed E-state index contributed by atoms with van der Waals surface area (Å²) in [5.74, 6) is -0.294. The Morgan fingerprint density at radius 2 is 2.03 bits per heavy atom. The highest BCUT2D eigenvalue weighted by atomic mass is 32.1. The smallest absolute Gasteiger partial charge is 0.419 e. The molecule has 0 bridgehead atoms. The van der Waals surface area contributed by atoms with Gasteiger partial charge in [0.05, 0.1) is 12.2 Å². The molecule has 1 aromatic carbocycles. The zero-order valence-corrected chi connectivity index (χ0v) is 19.8. The molecular formula is C22H26F3N3O4S. The van der Waals surface area contributed by atoms with Gasteiger partial charge in [0.15, 0.2) is 0 Å². The maximum atomic E-state index is 13.6. The van der Waals surface area contributed by atoms with E-state index in [0.29, 0.717) is 5.01 Å². The van der Waals surface area contributed by atoms with Gasteiger partial charge in [-0.15, -0.1) is 10.2 Å². The maximum Gasteiger partial charge on any atom is 0.419 e. The highest BCUT2D eigenvalue weighted by Crippen LogP contribution is 2.42. The van der Waals surface area contributed by atoms with E-state index in [2.05, 4.69) is 16.8 Å². The number of hydrogen-bond acceptors (Lipinski definition) is 7. The van der Waals surface area contributed by atoms with Crippen LogP contribution in [-0.4, -0.2) is 45.7 Å². The molecular weight excluding hydrogens is 459 g/mol. The second-order valence-corrected chi connectivity index (χ2v) is 9.89. The van der Waals surface area contributed by atoms with Crippen molar-refractivity contribution in [2.24, 2.45) is 0 Å². The van der Waals surface area contributed by atoms with Crippen LogP contribution >= 0.6 is 11.3 Å². The Kier molecular flexibility index (Phi) is 6.77. The first-order valence-electron chi connectivity index (χ1n) is 10.2. The lowest BCUT2D eigenvalue weighted by molar-refractivity contribution is -0.138. The van der Waals surface area contributed by atoms with Gasteiger partial charge in [0, 0.05) is 5.56 Å². The number of halogens is 3. The summed E-state index contributed by atoms with van der Waals surface area (Å²) in [7, 11) is 0. The number of nitrogens with zero attached hydrogens (tertiary/aromatic N) is 3. The van der Waals surface area contributed by atoms with E-state index in [9.17, 15) is 18.0 Å². The van der Waals surface area contributed by atoms with Crippen molar-refractivity contribution >= 4 is 17.4 Å². The predicted octanol–water partition coefficient (Wildman–Crippen LogP) is 5.83. The summed E-state index contributed by atoms with van der Waals surface area (Å²) < 4.78 is 57.2. The van der Waals surface area contributed by atoms with E-state index in [1.165, 1.54) is 23.1 Å². The van der Waals surface area contributed by atoms with Crippen LogP contribution in [0.25, 0.3) is 10.6 Å². The molecule has 2 aromatic rings. The molecule has 1 fully saturated rings. The van der Waals surface area contributed by atoms with Crippen molar-refractivity contribution in [1.29, 1.82) is 0 Å². The molecule has 11 heteroatoms. The average molecular weight is 486 g/mol. The molecule has 2 heterocycles. The summed E-state index contributed by atoms with van der Waals surface area (Å²) in [6.45, 7) is 12.3. The third-order valence-electron chi connectivity index (χ3n) is 4.69. The van der Waals surface area contributed by atoms with Gasteiger partial charge in [-0.25, -0.2) is 4.79 Å². The molecule has 1 aliphatic heterocycles. The lowest BCUT2D eigenvalue weighted by Gasteiger charge is -2.34. The Labute approximate surface area is 194 Å². The number of benzene rings is 1. The lowest BCUT2D eigenvalue weighted by Crippen LogP contribution is -2.47. The van der Waals surface area contributed by atoms with Crippen LogP contribution < -0.4 is 4.74 Å². The van der Waals surface area contributed by atoms with Crippen molar-refractivity contribution in [3.8, 4) is 16.3 Å². The Balaban J connectivity index is 1.93. The van der Waals surface area contributed by atoms with Crippen LogP contribution in [0.3, 0.4) is 0 Å². The summed E-state index contributed by atoms with van der Waals surface area (Å²) >= 11 is 1.09. The Morgan fingerprint density at radius 1 is 1.33 bits per heavy atom. The van der Waals surface area contributed by atoms with E-state index < -0.39 is 35.2 Å². The SMILES string of the molecule is C=CCOc1ccc(-c2nnc(C3COC(C)(C)N3C(=O)OC(C)(C)C)s2)cc1C(F)(F)F. The van der Waals surface area contributed by atoms with Crippen LogP contribution in [-0.2, 0) is 15.7 Å². The largest absolute Gasteiger partial charge is 0.489 e. The Morgan fingerprint density at radius 3 is 2.64 bits per heavy atom. The van der Waals surface area contributed by atoms with E-state index in [4.69, 9.17) is 14.2 Å². The number of ether oxygens (including phenoxy) is 3. The van der Waals surface area contributed by atoms with Crippen molar-refractivity contribution in [2.75, 3.05) is 13.2 Å². The fourth-order valence-electron chi connectivity index (χ4n) is 3.29. The summed E-state index contributed by atoms with van der Waals surface area (Å²) in [5.41, 5.74) is -2.35. The van der Waals surface area contributed by atoms with Crippen molar-refractivity contribution in [1.82, 2.24) is 15.1 Å². The fourth-order valence-corrected chi connectivity index (χ4v) is 4.20. The van der Waals surface area contributed by atoms with Crippen LogP contribution in [0.2, 0.25) is 0 Å². The fraction of sp³-hybridized carbons (Fsp3) is 0.500. The minimum atomic E-state index is -4.61. The normalized spacial score (nSPS) is 18.3. The van der Waals surface area contributed by atoms with Gasteiger partial charge in [-0.2, -0.15) is 13.2 Å². The number of carbonyl (C=O) groups excluding carboxylic acids is 1. The third kappa shape index (κ3) is 5.64. The van der Waals surface area contributed by atoms with Crippen molar-refractivity contribution in [3.63, 3.8) is 0 Å². The van der Waals surface area contributed by atoms with E-state index in [1.807, 2.05) is 0 Å². The van der Waals surface area contributed by atoms with Gasteiger partial charge in [0.25, 0.3) is 0 Å². The molecule has 180 valence electrons. The molecule has 1 aliphatic rings. The molecule has 1 saturated heterocycles. The van der Waals surface area contributed by atoms with E-state index in [1.54, 1.807) is 34.6 Å². The maximum absolute atomic E-state index is 13.6. The van der Waals surface area contributed by atoms with Crippen molar-refractivity contribution in [2.45, 2.75) is 58.2 Å². The Bertz CT molecular complexity index is 1030. The van der Waals surface area contributed by atoms with Crippen LogP contribution in [0.4, 0.5) is 18.0 Å². The minimum Gasteiger partial charge on any atom is -0.489 e. The van der Waals surface area contributed by atoms with E-state index >= 15 is 0 Å². The quantitative estimate of drug-likeness (QED) is 0.496. The van der Waals surface area contributed by atoms with Gasteiger partial charge < -0.3 is 14.2 Å². The van der Waals surface area contributed by atoms with E-state index in [0.717, 1.165) is 17.4 Å². The summed E-state index contributed by atoms with van der Waals surface area (Å²) in [4.78, 5) is 14.3. The first-order valence-corrected chi connectivity index (χ1v) is 11.0. The second kappa shape index (κ2) is 8.94. The zero-order valence-electron chi connectivity index (χ0n) is 19.0. The predicted molar refractivity (Wildman–Crippen MR) is 117 cm³/mol. The molecule has 1 aromatic heterocycles. The Hall–Kier alpha value is -2.66. The number of hydrogen-bond donors (Lipinski definition) is 0. The van der Waals surface area contributed by atoms with Crippen molar-refractivity contribution < 1.29 is 32.2 Å². The van der Waals surface area contributed by atoms with Crippen LogP contribution in [0.1, 0.15) is 51.2 Å². The minimum absolute atomic E-state index is 0.0522. The summed E-state index contributed by atoms with van der Waals surface area (Å²) in [6.07, 6.45) is -3.82. The molecule has 1 atom stereocenters. The number of rotatable bonds is 5. The molecule has 0 aliphatic carbocycles. The first-order chi connectivity index (χ1) is 15.2. The van der Waals surface area contributed by atoms with Gasteiger partial charge in [0.2, 0.25) is 0 Å². The monoisotopic (exact) mass is 485 g/mol. The highest BCUT2D eigenvalue weighted by molar-refractivity contribution is 7.14. The molecule has 0 spiro atoms. The molecule has 1 amide bonds. The molecule has 3 rings (SSSR count). The lowest BCUT2D eigenvalue weighted by atomic mass is 10.1. The number of carbonyl (C=O) groups is 1. The number of aromatic nitrogens is 2. The van der Waals surface area contributed by atoms with Crippen LogP contribution in [0.5, 0.6) is 5.75 Å². The van der Waals surface area contributed by atoms with Gasteiger partial charge in [-0.05, 0) is 52.8 Å². The molecule has 1 unspecified atom stereocenters. The summed E-state index contributed by atoms with van der Waals surface area (Å²) in [6, 6.07) is 3.12. The topological polar surface area (TPSA) is 73.8 Å². The molecule has 7 nitrogen and oxygen atoms in total. The van der Waals surface area contributed by atoms with Gasteiger partial charge in [-0.3, -0.25) is 4.90 Å². The number of amides is 1. The van der Waals surface area contributed by atoms with Gasteiger partial charge in [-0.1, -0.05) is 24.0 Å². The molecule has 33 heavy (non-hydrogen) atoms. The molecule has 0 saturated carbocycles. The first kappa shape index (κ1) is 25.0. The second-order valence-electron chi connectivity index (χ2n) is 8.88. The van der Waals surface area contributed by atoms with Gasteiger partial charge in [0.1, 0.15) is 39.7 Å². The zero-order chi connectivity index (χ0) is 24.6. The third-order valence-corrected chi connectivity index (χ3v) is 5.76. The van der Waals surface area contributed by atoms with Gasteiger partial charge >= 0.3 is 12.3 Å². The van der Waals surface area contributed by atoms with E-state index in [-0.39, 0.29) is 29.5 Å². The average Bonchev–Trinajstić information content (AvgIpc) is 3.28. The van der Waals surface area contributed by atoms with Crippen LogP contribution in [0.15, 0.2) is 30.9 Å². The molecule has 0 N–H and O–H groups in total. The summed E-state index contributed by atoms with van der Waals surface area (Å²) in [5, 5.41) is 8.93.